The summed E-state index contributed by atoms with van der Waals surface area (Å²) in [6, 6.07) is 0. The van der Waals surface area contributed by atoms with E-state index in [2.05, 4.69) is 16.6 Å². The van der Waals surface area contributed by atoms with Gasteiger partial charge in [0.05, 0.1) is 7.11 Å². The number of hydrogen-bond donors (Lipinski definition) is 0. The fraction of sp³-hybridized carbons (Fsp3) is 0.467. The second-order valence-corrected chi connectivity index (χ2v) is 5.69. The van der Waals surface area contributed by atoms with Crippen molar-refractivity contribution in [2.75, 3.05) is 7.11 Å². The Labute approximate surface area is 136 Å². The lowest BCUT2D eigenvalue weighted by molar-refractivity contribution is -0.141. The molecular weight excluding hydrogens is 314 g/mol. The third-order valence-corrected chi connectivity index (χ3v) is 4.10. The summed E-state index contributed by atoms with van der Waals surface area (Å²) in [5.74, 6) is -0.0543. The van der Waals surface area contributed by atoms with Gasteiger partial charge in [0.1, 0.15) is 6.54 Å². The molecule has 0 aliphatic heterocycles. The van der Waals surface area contributed by atoms with E-state index in [0.717, 1.165) is 23.2 Å². The molecule has 0 saturated heterocycles. The highest BCUT2D eigenvalue weighted by Crippen LogP contribution is 2.16. The number of imidazole rings is 2. The van der Waals surface area contributed by atoms with Crippen LogP contribution in [0.25, 0.3) is 16.9 Å². The molecule has 0 aliphatic carbocycles. The molecule has 0 saturated carbocycles. The Kier molecular flexibility index (Phi) is 3.78. The van der Waals surface area contributed by atoms with Crippen LogP contribution in [0.1, 0.15) is 19.0 Å². The molecule has 128 valence electrons. The van der Waals surface area contributed by atoms with Crippen molar-refractivity contribution in [3.63, 3.8) is 0 Å². The highest BCUT2D eigenvalue weighted by Gasteiger charge is 2.21. The largest absolute Gasteiger partial charge is 0.468 e. The molecule has 0 unspecified atom stereocenters. The lowest BCUT2D eigenvalue weighted by Crippen LogP contribution is -2.41. The standard InChI is InChI=1S/C15H19N5O4/c1-5-6-18-9(2)7-19-11-12(16-14(18)19)17(3)15(23)20(13(11)22)8-10(21)24-4/h7H,5-6,8H2,1-4H3. The number of hydrogen-bond acceptors (Lipinski definition) is 5. The first-order valence-electron chi connectivity index (χ1n) is 7.65. The summed E-state index contributed by atoms with van der Waals surface area (Å²) < 4.78 is 10.4. The van der Waals surface area contributed by atoms with Crippen molar-refractivity contribution < 1.29 is 9.53 Å². The van der Waals surface area contributed by atoms with E-state index in [-0.39, 0.29) is 5.52 Å². The van der Waals surface area contributed by atoms with E-state index in [0.29, 0.717) is 11.4 Å². The second kappa shape index (κ2) is 5.66. The maximum Gasteiger partial charge on any atom is 0.333 e. The van der Waals surface area contributed by atoms with Crippen LogP contribution in [-0.2, 0) is 29.7 Å². The van der Waals surface area contributed by atoms with Crippen molar-refractivity contribution in [1.29, 1.82) is 0 Å². The van der Waals surface area contributed by atoms with Gasteiger partial charge in [-0.15, -0.1) is 0 Å². The highest BCUT2D eigenvalue weighted by atomic mass is 16.5. The van der Waals surface area contributed by atoms with Gasteiger partial charge in [0.15, 0.2) is 11.2 Å². The Morgan fingerprint density at radius 2 is 2.00 bits per heavy atom. The van der Waals surface area contributed by atoms with Crippen LogP contribution in [0.5, 0.6) is 0 Å². The van der Waals surface area contributed by atoms with Crippen LogP contribution in [0, 0.1) is 6.92 Å². The zero-order valence-corrected chi connectivity index (χ0v) is 14.1. The number of aromatic nitrogens is 5. The first-order chi connectivity index (χ1) is 11.4. The van der Waals surface area contributed by atoms with Crippen LogP contribution >= 0.6 is 0 Å². The lowest BCUT2D eigenvalue weighted by Gasteiger charge is -2.06. The van der Waals surface area contributed by atoms with E-state index in [9.17, 15) is 14.4 Å². The number of rotatable bonds is 4. The molecule has 3 rings (SSSR count). The number of nitrogens with zero attached hydrogens (tertiary/aromatic N) is 5. The average Bonchev–Trinajstić information content (AvgIpc) is 3.06. The van der Waals surface area contributed by atoms with Gasteiger partial charge in [-0.25, -0.2) is 9.36 Å². The molecule has 3 aromatic rings. The van der Waals surface area contributed by atoms with Crippen LogP contribution in [0.4, 0.5) is 0 Å². The Morgan fingerprint density at radius 1 is 1.29 bits per heavy atom. The highest BCUT2D eigenvalue weighted by molar-refractivity contribution is 5.76. The van der Waals surface area contributed by atoms with Crippen molar-refractivity contribution in [1.82, 2.24) is 23.1 Å². The monoisotopic (exact) mass is 333 g/mol. The predicted octanol–water partition coefficient (Wildman–Crippen LogP) is 0.0408. The summed E-state index contributed by atoms with van der Waals surface area (Å²) in [5, 5.41) is 0. The SMILES string of the molecule is CCCn1c(C)cn2c3c(=O)n(CC(=O)OC)c(=O)n(C)c3nc12. The molecule has 3 heterocycles. The summed E-state index contributed by atoms with van der Waals surface area (Å²) in [5.41, 5.74) is 0.381. The minimum absolute atomic E-state index is 0.272. The van der Waals surface area contributed by atoms with Crippen molar-refractivity contribution in [3.8, 4) is 0 Å². The quantitative estimate of drug-likeness (QED) is 0.629. The topological polar surface area (TPSA) is 92.5 Å². The molecule has 0 N–H and O–H groups in total. The van der Waals surface area contributed by atoms with Crippen LogP contribution in [-0.4, -0.2) is 36.2 Å². The smallest absolute Gasteiger partial charge is 0.333 e. The Morgan fingerprint density at radius 3 is 2.62 bits per heavy atom. The molecule has 3 aromatic heterocycles. The van der Waals surface area contributed by atoms with Gasteiger partial charge in [-0.1, -0.05) is 6.92 Å². The summed E-state index contributed by atoms with van der Waals surface area (Å²) in [7, 11) is 2.74. The normalized spacial score (nSPS) is 11.5. The number of carbonyl (C=O) groups is 1. The van der Waals surface area contributed by atoms with Gasteiger partial charge in [-0.05, 0) is 13.3 Å². The van der Waals surface area contributed by atoms with E-state index in [1.807, 2.05) is 17.7 Å². The molecule has 0 bridgehead atoms. The van der Waals surface area contributed by atoms with Crippen molar-refractivity contribution in [2.24, 2.45) is 7.05 Å². The van der Waals surface area contributed by atoms with Gasteiger partial charge < -0.3 is 9.30 Å². The molecule has 0 radical (unpaired) electrons. The van der Waals surface area contributed by atoms with Crippen molar-refractivity contribution >= 4 is 22.9 Å². The number of methoxy groups -OCH3 is 1. The number of fused-ring (bicyclic) bond motifs is 3. The van der Waals surface area contributed by atoms with Crippen LogP contribution in [0.15, 0.2) is 15.8 Å². The molecule has 0 atom stereocenters. The van der Waals surface area contributed by atoms with Crippen molar-refractivity contribution in [3.05, 3.63) is 32.7 Å². The third kappa shape index (κ3) is 2.15. The van der Waals surface area contributed by atoms with Crippen LogP contribution < -0.4 is 11.2 Å². The zero-order chi connectivity index (χ0) is 17.6. The minimum atomic E-state index is -0.658. The Balaban J connectivity index is 2.41. The van der Waals surface area contributed by atoms with Gasteiger partial charge in [-0.2, -0.15) is 4.98 Å². The number of carbonyl (C=O) groups excluding carboxylic acids is 1. The zero-order valence-electron chi connectivity index (χ0n) is 14.1. The van der Waals surface area contributed by atoms with E-state index in [1.165, 1.54) is 18.7 Å². The summed E-state index contributed by atoms with van der Waals surface area (Å²) in [4.78, 5) is 41.2. The Bertz CT molecular complexity index is 1070. The van der Waals surface area contributed by atoms with Crippen molar-refractivity contribution in [2.45, 2.75) is 33.4 Å². The van der Waals surface area contributed by atoms with E-state index in [1.54, 1.807) is 4.40 Å². The average molecular weight is 333 g/mol. The summed E-state index contributed by atoms with van der Waals surface area (Å²) >= 11 is 0. The molecule has 24 heavy (non-hydrogen) atoms. The maximum absolute atomic E-state index is 12.8. The van der Waals surface area contributed by atoms with Gasteiger partial charge >= 0.3 is 11.7 Å². The first kappa shape index (κ1) is 16.0. The molecule has 0 spiro atoms. The lowest BCUT2D eigenvalue weighted by atomic mass is 10.4. The first-order valence-corrected chi connectivity index (χ1v) is 7.65. The number of aryl methyl sites for hydroxylation is 3. The Hall–Kier alpha value is -2.84. The molecule has 0 aliphatic rings. The van der Waals surface area contributed by atoms with Crippen LogP contribution in [0.3, 0.4) is 0 Å². The van der Waals surface area contributed by atoms with E-state index >= 15 is 0 Å². The number of esters is 1. The fourth-order valence-electron chi connectivity index (χ4n) is 2.89. The molecular formula is C15H19N5O4. The van der Waals surface area contributed by atoms with E-state index in [4.69, 9.17) is 0 Å². The van der Waals surface area contributed by atoms with Gasteiger partial charge in [0, 0.05) is 25.5 Å². The summed E-state index contributed by atoms with van der Waals surface area (Å²) in [6.07, 6.45) is 2.73. The molecule has 9 heteroatoms. The van der Waals surface area contributed by atoms with Crippen LogP contribution in [0.2, 0.25) is 0 Å². The van der Waals surface area contributed by atoms with E-state index < -0.39 is 23.8 Å². The van der Waals surface area contributed by atoms with Gasteiger partial charge in [0.25, 0.3) is 5.56 Å². The maximum atomic E-state index is 12.8. The second-order valence-electron chi connectivity index (χ2n) is 5.69. The molecule has 0 amide bonds. The fourth-order valence-corrected chi connectivity index (χ4v) is 2.89. The van der Waals surface area contributed by atoms with Gasteiger partial charge in [0.2, 0.25) is 5.78 Å². The molecule has 0 aromatic carbocycles. The molecule has 9 nitrogen and oxygen atoms in total. The van der Waals surface area contributed by atoms with Gasteiger partial charge in [-0.3, -0.25) is 18.6 Å². The minimum Gasteiger partial charge on any atom is -0.468 e. The third-order valence-electron chi connectivity index (χ3n) is 4.10. The summed E-state index contributed by atoms with van der Waals surface area (Å²) in [6.45, 7) is 4.32. The predicted molar refractivity (Wildman–Crippen MR) is 87.2 cm³/mol. The number of ether oxygens (including phenoxy) is 1. The molecule has 0 fully saturated rings.